The van der Waals surface area contributed by atoms with Gasteiger partial charge in [-0.2, -0.15) is 5.10 Å². The maximum absolute atomic E-state index is 14.8. The van der Waals surface area contributed by atoms with Crippen LogP contribution in [0.3, 0.4) is 0 Å². The largest absolute Gasteiger partial charge is 0.463 e. The van der Waals surface area contributed by atoms with Crippen LogP contribution in [0.15, 0.2) is 107 Å². The first kappa shape index (κ1) is 25.9. The van der Waals surface area contributed by atoms with Gasteiger partial charge in [0.05, 0.1) is 23.9 Å². The average molecular weight is 561 g/mol. The van der Waals surface area contributed by atoms with Crippen molar-refractivity contribution in [2.75, 3.05) is 7.05 Å². The lowest BCUT2D eigenvalue weighted by Crippen LogP contribution is -2.18. The molecule has 8 heteroatoms. The van der Waals surface area contributed by atoms with Crippen LogP contribution in [0.25, 0.3) is 44.3 Å². The molecule has 2 aliphatic rings. The Bertz CT molecular complexity index is 2070. The third-order valence-corrected chi connectivity index (χ3v) is 7.72. The van der Waals surface area contributed by atoms with E-state index in [0.29, 0.717) is 34.5 Å². The van der Waals surface area contributed by atoms with Crippen molar-refractivity contribution in [3.8, 4) is 22.6 Å². The van der Waals surface area contributed by atoms with Gasteiger partial charge in [-0.25, -0.2) is 13.9 Å². The molecule has 0 radical (unpaired) electrons. The Hall–Kier alpha value is -5.08. The SMILES string of the molecule is CN(Cc1ccccc1)Cc1cc2c3n[nH]c(=O)c-3cn(Cc3c(F)cccc3F)c2cc1-c1occ2ccccc12. The van der Waals surface area contributed by atoms with Crippen LogP contribution in [0.1, 0.15) is 16.7 Å². The molecule has 0 saturated carbocycles. The second kappa shape index (κ2) is 10.4. The van der Waals surface area contributed by atoms with Crippen molar-refractivity contribution in [1.82, 2.24) is 19.7 Å². The summed E-state index contributed by atoms with van der Waals surface area (Å²) in [5.74, 6) is -0.603. The van der Waals surface area contributed by atoms with Crippen molar-refractivity contribution in [2.45, 2.75) is 19.6 Å². The Morgan fingerprint density at radius 3 is 2.45 bits per heavy atom. The number of nitrogens with one attached hydrogen (secondary N) is 1. The van der Waals surface area contributed by atoms with Crippen molar-refractivity contribution in [2.24, 2.45) is 0 Å². The third-order valence-electron chi connectivity index (χ3n) is 7.72. The number of pyridine rings is 1. The first-order valence-electron chi connectivity index (χ1n) is 13.6. The second-order valence-electron chi connectivity index (χ2n) is 10.6. The molecule has 208 valence electrons. The summed E-state index contributed by atoms with van der Waals surface area (Å²) in [4.78, 5) is 14.9. The van der Waals surface area contributed by atoms with Crippen LogP contribution >= 0.6 is 0 Å². The van der Waals surface area contributed by atoms with Crippen molar-refractivity contribution < 1.29 is 13.2 Å². The highest BCUT2D eigenvalue weighted by atomic mass is 19.1. The van der Waals surface area contributed by atoms with Crippen molar-refractivity contribution in [3.05, 3.63) is 136 Å². The Morgan fingerprint density at radius 2 is 1.64 bits per heavy atom. The van der Waals surface area contributed by atoms with Crippen LogP contribution in [0, 0.1) is 11.6 Å². The van der Waals surface area contributed by atoms with Crippen molar-refractivity contribution in [3.63, 3.8) is 0 Å². The van der Waals surface area contributed by atoms with Crippen LogP contribution < -0.4 is 5.56 Å². The highest BCUT2D eigenvalue weighted by molar-refractivity contribution is 6.00. The van der Waals surface area contributed by atoms with Gasteiger partial charge < -0.3 is 8.98 Å². The molecule has 5 aromatic rings. The molecule has 0 fully saturated rings. The van der Waals surface area contributed by atoms with E-state index in [0.717, 1.165) is 28.4 Å². The van der Waals surface area contributed by atoms with Gasteiger partial charge in [-0.3, -0.25) is 9.69 Å². The Kier molecular flexibility index (Phi) is 6.40. The van der Waals surface area contributed by atoms with Crippen LogP contribution in [-0.2, 0) is 19.6 Å². The van der Waals surface area contributed by atoms with Crippen LogP contribution in [0.2, 0.25) is 0 Å². The van der Waals surface area contributed by atoms with Crippen molar-refractivity contribution >= 4 is 21.7 Å². The zero-order chi connectivity index (χ0) is 28.8. The summed E-state index contributed by atoms with van der Waals surface area (Å²) in [6.07, 6.45) is 3.34. The number of aromatic amines is 1. The topological polar surface area (TPSA) is 67.1 Å². The van der Waals surface area contributed by atoms with E-state index in [1.54, 1.807) is 17.0 Å². The molecule has 42 heavy (non-hydrogen) atoms. The number of halogens is 2. The van der Waals surface area contributed by atoms with Gasteiger partial charge in [0.1, 0.15) is 23.1 Å². The van der Waals surface area contributed by atoms with Crippen LogP contribution in [0.4, 0.5) is 8.78 Å². The fraction of sp³-hybridized carbons (Fsp3) is 0.118. The molecule has 6 nitrogen and oxygen atoms in total. The maximum Gasteiger partial charge on any atom is 0.275 e. The standard InChI is InChI=1S/C34H26F2N4O2/c1-39(16-21-8-3-2-4-9-21)17-23-14-26-31(15-25(23)33-24-11-6-5-10-22(24)20-42-33)40(19-28-32(26)37-38-34(28)41)18-27-29(35)12-7-13-30(27)36/h2-15,19-20H,16-18H2,1H3,(H,38,41). The normalized spacial score (nSPS) is 11.8. The number of nitrogens with zero attached hydrogens (tertiary/aromatic N) is 3. The molecule has 3 heterocycles. The fourth-order valence-electron chi connectivity index (χ4n) is 5.72. The van der Waals surface area contributed by atoms with E-state index in [2.05, 4.69) is 27.2 Å². The predicted molar refractivity (Wildman–Crippen MR) is 159 cm³/mol. The lowest BCUT2D eigenvalue weighted by atomic mass is 9.96. The van der Waals surface area contributed by atoms with Gasteiger partial charge >= 0.3 is 0 Å². The van der Waals surface area contributed by atoms with E-state index in [-0.39, 0.29) is 17.7 Å². The number of hydrogen-bond donors (Lipinski definition) is 1. The number of rotatable bonds is 7. The molecule has 0 amide bonds. The molecule has 2 aliphatic heterocycles. The van der Waals surface area contributed by atoms with E-state index < -0.39 is 11.6 Å². The van der Waals surface area contributed by atoms with Crippen molar-refractivity contribution in [1.29, 1.82) is 0 Å². The predicted octanol–water partition coefficient (Wildman–Crippen LogP) is 7.20. The molecule has 1 N–H and O–H groups in total. The van der Waals surface area contributed by atoms with Gasteiger partial charge in [0, 0.05) is 46.6 Å². The molecular formula is C34H26F2N4O2. The molecule has 0 spiro atoms. The molecular weight excluding hydrogens is 534 g/mol. The number of furan rings is 1. The van der Waals surface area contributed by atoms with Gasteiger partial charge in [-0.05, 0) is 42.4 Å². The Balaban J connectivity index is 1.46. The first-order valence-corrected chi connectivity index (χ1v) is 13.6. The molecule has 0 unspecified atom stereocenters. The minimum atomic E-state index is -0.651. The second-order valence-corrected chi connectivity index (χ2v) is 10.6. The third kappa shape index (κ3) is 4.55. The summed E-state index contributed by atoms with van der Waals surface area (Å²) < 4.78 is 37.4. The molecule has 1 aromatic heterocycles. The van der Waals surface area contributed by atoms with E-state index in [4.69, 9.17) is 4.42 Å². The van der Waals surface area contributed by atoms with Gasteiger partial charge in [0.15, 0.2) is 0 Å². The number of hydrogen-bond acceptors (Lipinski definition) is 4. The van der Waals surface area contributed by atoms with E-state index in [1.165, 1.54) is 23.8 Å². The lowest BCUT2D eigenvalue weighted by Gasteiger charge is -2.21. The minimum Gasteiger partial charge on any atom is -0.463 e. The Labute approximate surface area is 239 Å². The quantitative estimate of drug-likeness (QED) is 0.224. The van der Waals surface area contributed by atoms with E-state index in [9.17, 15) is 13.6 Å². The van der Waals surface area contributed by atoms with Gasteiger partial charge in [0.25, 0.3) is 5.56 Å². The van der Waals surface area contributed by atoms with Gasteiger partial charge in [-0.15, -0.1) is 0 Å². The molecule has 4 aromatic carbocycles. The zero-order valence-corrected chi connectivity index (χ0v) is 22.8. The minimum absolute atomic E-state index is 0.0873. The average Bonchev–Trinajstić information content (AvgIpc) is 3.59. The summed E-state index contributed by atoms with van der Waals surface area (Å²) in [6.45, 7) is 1.18. The monoisotopic (exact) mass is 560 g/mol. The van der Waals surface area contributed by atoms with Gasteiger partial charge in [0.2, 0.25) is 0 Å². The van der Waals surface area contributed by atoms with Crippen LogP contribution in [0.5, 0.6) is 0 Å². The molecule has 7 rings (SSSR count). The summed E-state index contributed by atoms with van der Waals surface area (Å²) in [7, 11) is 2.05. The smallest absolute Gasteiger partial charge is 0.275 e. The number of fused-ring (bicyclic) bond motifs is 4. The summed E-state index contributed by atoms with van der Waals surface area (Å²) in [5.41, 5.74) is 4.07. The lowest BCUT2D eigenvalue weighted by molar-refractivity contribution is 0.319. The number of aromatic nitrogens is 3. The fourth-order valence-corrected chi connectivity index (χ4v) is 5.72. The first-order chi connectivity index (χ1) is 20.5. The highest BCUT2D eigenvalue weighted by Gasteiger charge is 2.23. The van der Waals surface area contributed by atoms with E-state index in [1.807, 2.05) is 61.6 Å². The molecule has 0 bridgehead atoms. The molecule has 0 atom stereocenters. The van der Waals surface area contributed by atoms with Crippen LogP contribution in [-0.4, -0.2) is 26.7 Å². The summed E-state index contributed by atoms with van der Waals surface area (Å²) in [5, 5.41) is 9.49. The molecule has 0 saturated heterocycles. The van der Waals surface area contributed by atoms with E-state index >= 15 is 0 Å². The summed E-state index contributed by atoms with van der Waals surface area (Å²) in [6, 6.07) is 25.9. The molecule has 0 aliphatic carbocycles. The number of benzene rings is 4. The van der Waals surface area contributed by atoms with Gasteiger partial charge in [-0.1, -0.05) is 60.7 Å². The number of H-pyrrole nitrogens is 1. The highest BCUT2D eigenvalue weighted by Crippen LogP contribution is 2.38. The summed E-state index contributed by atoms with van der Waals surface area (Å²) >= 11 is 0. The maximum atomic E-state index is 14.8. The zero-order valence-electron chi connectivity index (χ0n) is 22.8. The Morgan fingerprint density at radius 1 is 0.881 bits per heavy atom.